The van der Waals surface area contributed by atoms with Gasteiger partial charge in [0.15, 0.2) is 0 Å². The number of para-hydroxylation sites is 1. The summed E-state index contributed by atoms with van der Waals surface area (Å²) in [4.78, 5) is 22.7. The van der Waals surface area contributed by atoms with E-state index in [1.807, 2.05) is 32.0 Å². The molecule has 0 bridgehead atoms. The molecule has 0 spiro atoms. The fraction of sp³-hybridized carbons (Fsp3) is 0.467. The number of carboxylic acids is 1. The number of carbonyl (C=O) groups is 2. The van der Waals surface area contributed by atoms with Crippen LogP contribution in [-0.2, 0) is 11.2 Å². The number of aryl methyl sites for hydroxylation is 2. The Labute approximate surface area is 119 Å². The minimum absolute atomic E-state index is 0.130. The van der Waals surface area contributed by atoms with Gasteiger partial charge in [-0.1, -0.05) is 32.0 Å². The molecular formula is C15H22N2O3. The summed E-state index contributed by atoms with van der Waals surface area (Å²) < 4.78 is 0. The first kappa shape index (κ1) is 16.0. The number of aliphatic carboxylic acids is 1. The molecule has 110 valence electrons. The monoisotopic (exact) mass is 278 g/mol. The molecule has 2 amide bonds. The second-order valence-corrected chi connectivity index (χ2v) is 4.74. The fourth-order valence-electron chi connectivity index (χ4n) is 1.98. The molecule has 0 aliphatic carbocycles. The van der Waals surface area contributed by atoms with Gasteiger partial charge in [-0.2, -0.15) is 0 Å². The van der Waals surface area contributed by atoms with Crippen LogP contribution in [-0.4, -0.2) is 23.7 Å². The molecule has 0 heterocycles. The van der Waals surface area contributed by atoms with Crippen LogP contribution in [0.3, 0.4) is 0 Å². The zero-order valence-corrected chi connectivity index (χ0v) is 12.2. The third kappa shape index (κ3) is 4.26. The van der Waals surface area contributed by atoms with Crippen LogP contribution in [0, 0.1) is 12.8 Å². The van der Waals surface area contributed by atoms with Gasteiger partial charge in [-0.05, 0) is 30.9 Å². The second-order valence-electron chi connectivity index (χ2n) is 4.74. The number of rotatable bonds is 6. The summed E-state index contributed by atoms with van der Waals surface area (Å²) in [6, 6.07) is 5.48. The zero-order chi connectivity index (χ0) is 15.1. The van der Waals surface area contributed by atoms with Crippen molar-refractivity contribution in [3.8, 4) is 0 Å². The molecule has 1 unspecified atom stereocenters. The highest BCUT2D eigenvalue weighted by atomic mass is 16.4. The summed E-state index contributed by atoms with van der Waals surface area (Å²) >= 11 is 0. The number of benzene rings is 1. The second kappa shape index (κ2) is 7.53. The Hall–Kier alpha value is -2.04. The lowest BCUT2D eigenvalue weighted by atomic mass is 10.1. The van der Waals surface area contributed by atoms with Gasteiger partial charge in [-0.25, -0.2) is 4.79 Å². The molecule has 0 aliphatic rings. The molecule has 5 heteroatoms. The lowest BCUT2D eigenvalue weighted by Gasteiger charge is -2.15. The summed E-state index contributed by atoms with van der Waals surface area (Å²) in [6.07, 6.45) is 1.31. The highest BCUT2D eigenvalue weighted by Crippen LogP contribution is 2.20. The average Bonchev–Trinajstić information content (AvgIpc) is 2.41. The molecule has 20 heavy (non-hydrogen) atoms. The molecule has 0 fully saturated rings. The minimum atomic E-state index is -0.891. The lowest BCUT2D eigenvalue weighted by Crippen LogP contribution is -2.35. The van der Waals surface area contributed by atoms with Crippen LogP contribution in [0.1, 0.15) is 31.4 Å². The van der Waals surface area contributed by atoms with E-state index in [-0.39, 0.29) is 12.6 Å². The smallest absolute Gasteiger partial charge is 0.319 e. The molecule has 1 aromatic rings. The Balaban J connectivity index is 2.65. The Bertz CT molecular complexity index is 486. The Morgan fingerprint density at radius 3 is 2.55 bits per heavy atom. The van der Waals surface area contributed by atoms with Crippen LogP contribution < -0.4 is 10.6 Å². The number of hydrogen-bond donors (Lipinski definition) is 3. The van der Waals surface area contributed by atoms with Gasteiger partial charge in [-0.3, -0.25) is 4.79 Å². The number of hydrogen-bond acceptors (Lipinski definition) is 2. The van der Waals surface area contributed by atoms with Crippen molar-refractivity contribution in [1.82, 2.24) is 5.32 Å². The van der Waals surface area contributed by atoms with E-state index in [2.05, 4.69) is 10.6 Å². The van der Waals surface area contributed by atoms with Crippen LogP contribution in [0.25, 0.3) is 0 Å². The highest BCUT2D eigenvalue weighted by molar-refractivity contribution is 5.91. The third-order valence-corrected chi connectivity index (χ3v) is 3.33. The highest BCUT2D eigenvalue weighted by Gasteiger charge is 2.16. The molecule has 3 N–H and O–H groups in total. The zero-order valence-electron chi connectivity index (χ0n) is 12.2. The predicted octanol–water partition coefficient (Wildman–Crippen LogP) is 2.79. The van der Waals surface area contributed by atoms with Crippen molar-refractivity contribution in [2.45, 2.75) is 33.6 Å². The Morgan fingerprint density at radius 1 is 1.30 bits per heavy atom. The minimum Gasteiger partial charge on any atom is -0.481 e. The van der Waals surface area contributed by atoms with Crippen molar-refractivity contribution in [2.75, 3.05) is 11.9 Å². The van der Waals surface area contributed by atoms with Crippen molar-refractivity contribution >= 4 is 17.7 Å². The number of carboxylic acid groups (broad SMARTS) is 1. The summed E-state index contributed by atoms with van der Waals surface area (Å²) in [7, 11) is 0. The SMILES string of the molecule is CCc1cccc(C)c1NC(=O)NCC(CC)C(=O)O. The number of urea groups is 1. The molecule has 0 aliphatic heterocycles. The average molecular weight is 278 g/mol. The van der Waals surface area contributed by atoms with E-state index in [0.717, 1.165) is 23.2 Å². The third-order valence-electron chi connectivity index (χ3n) is 3.33. The topological polar surface area (TPSA) is 78.4 Å². The first-order chi connectivity index (χ1) is 9.49. The largest absolute Gasteiger partial charge is 0.481 e. The summed E-state index contributed by atoms with van der Waals surface area (Å²) in [5, 5.41) is 14.3. The Morgan fingerprint density at radius 2 is 2.00 bits per heavy atom. The maximum absolute atomic E-state index is 11.9. The van der Waals surface area contributed by atoms with Crippen LogP contribution >= 0.6 is 0 Å². The standard InChI is InChI=1S/C15H22N2O3/c1-4-11-8-6-7-10(3)13(11)17-15(20)16-9-12(5-2)14(18)19/h6-8,12H,4-5,9H2,1-3H3,(H,18,19)(H2,16,17,20). The van der Waals surface area contributed by atoms with Crippen LogP contribution in [0.2, 0.25) is 0 Å². The van der Waals surface area contributed by atoms with Crippen molar-refractivity contribution in [2.24, 2.45) is 5.92 Å². The molecule has 0 saturated heterocycles. The lowest BCUT2D eigenvalue weighted by molar-refractivity contribution is -0.141. The van der Waals surface area contributed by atoms with Gasteiger partial charge in [0, 0.05) is 12.2 Å². The molecule has 1 aromatic carbocycles. The first-order valence-corrected chi connectivity index (χ1v) is 6.85. The van der Waals surface area contributed by atoms with Gasteiger partial charge in [0.05, 0.1) is 5.92 Å². The van der Waals surface area contributed by atoms with Crippen LogP contribution in [0.4, 0.5) is 10.5 Å². The molecule has 1 rings (SSSR count). The van der Waals surface area contributed by atoms with Gasteiger partial charge in [0.2, 0.25) is 0 Å². The van der Waals surface area contributed by atoms with Crippen molar-refractivity contribution in [3.63, 3.8) is 0 Å². The Kier molecular flexibility index (Phi) is 6.03. The van der Waals surface area contributed by atoms with E-state index >= 15 is 0 Å². The predicted molar refractivity (Wildman–Crippen MR) is 79.0 cm³/mol. The maximum atomic E-state index is 11.9. The van der Waals surface area contributed by atoms with E-state index < -0.39 is 11.9 Å². The van der Waals surface area contributed by atoms with E-state index in [0.29, 0.717) is 6.42 Å². The van der Waals surface area contributed by atoms with Gasteiger partial charge < -0.3 is 15.7 Å². The van der Waals surface area contributed by atoms with Gasteiger partial charge in [-0.15, -0.1) is 0 Å². The molecule has 0 saturated carbocycles. The number of anilines is 1. The normalized spacial score (nSPS) is 11.8. The van der Waals surface area contributed by atoms with Gasteiger partial charge in [0.25, 0.3) is 0 Å². The maximum Gasteiger partial charge on any atom is 0.319 e. The van der Waals surface area contributed by atoms with Crippen molar-refractivity contribution < 1.29 is 14.7 Å². The summed E-state index contributed by atoms with van der Waals surface area (Å²) in [5.74, 6) is -1.44. The fourth-order valence-corrected chi connectivity index (χ4v) is 1.98. The molecule has 0 radical (unpaired) electrons. The van der Waals surface area contributed by atoms with Crippen molar-refractivity contribution in [3.05, 3.63) is 29.3 Å². The molecular weight excluding hydrogens is 256 g/mol. The molecule has 0 aromatic heterocycles. The van der Waals surface area contributed by atoms with E-state index in [9.17, 15) is 9.59 Å². The van der Waals surface area contributed by atoms with Crippen LogP contribution in [0.5, 0.6) is 0 Å². The number of nitrogens with one attached hydrogen (secondary N) is 2. The van der Waals surface area contributed by atoms with Crippen molar-refractivity contribution in [1.29, 1.82) is 0 Å². The van der Waals surface area contributed by atoms with Gasteiger partial charge in [0.1, 0.15) is 0 Å². The molecule has 1 atom stereocenters. The molecule has 5 nitrogen and oxygen atoms in total. The van der Waals surface area contributed by atoms with E-state index in [1.165, 1.54) is 0 Å². The quantitative estimate of drug-likeness (QED) is 0.748. The number of carbonyl (C=O) groups excluding carboxylic acids is 1. The van der Waals surface area contributed by atoms with E-state index in [1.54, 1.807) is 6.92 Å². The number of amides is 2. The van der Waals surface area contributed by atoms with E-state index in [4.69, 9.17) is 5.11 Å². The summed E-state index contributed by atoms with van der Waals surface area (Å²) in [6.45, 7) is 5.87. The summed E-state index contributed by atoms with van der Waals surface area (Å²) in [5.41, 5.74) is 2.85. The first-order valence-electron chi connectivity index (χ1n) is 6.85. The van der Waals surface area contributed by atoms with Crippen LogP contribution in [0.15, 0.2) is 18.2 Å². The van der Waals surface area contributed by atoms with Gasteiger partial charge >= 0.3 is 12.0 Å².